The van der Waals surface area contributed by atoms with Gasteiger partial charge in [-0.1, -0.05) is 0 Å². The van der Waals surface area contributed by atoms with Crippen LogP contribution in [0.5, 0.6) is 0 Å². The normalized spacial score (nSPS) is 12.1. The first-order chi connectivity index (χ1) is 6.69. The first kappa shape index (κ1) is 13.9. The van der Waals surface area contributed by atoms with E-state index in [1.54, 1.807) is 27.7 Å². The van der Waals surface area contributed by atoms with Crippen LogP contribution in [0.2, 0.25) is 0 Å². The Balaban J connectivity index is 4.84. The number of hydrogen-bond acceptors (Lipinski definition) is 4. The number of nitrogens with one attached hydrogen (secondary N) is 1. The summed E-state index contributed by atoms with van der Waals surface area (Å²) in [6.45, 7) is 6.86. The second-order valence-corrected chi connectivity index (χ2v) is 4.49. The molecule has 0 aromatic rings. The van der Waals surface area contributed by atoms with Crippen LogP contribution in [0.4, 0.5) is 0 Å². The van der Waals surface area contributed by atoms with Gasteiger partial charge in [0.25, 0.3) is 0 Å². The molecule has 5 heteroatoms. The number of carbonyl (C=O) groups is 2. The van der Waals surface area contributed by atoms with Crippen molar-refractivity contribution < 1.29 is 14.3 Å². The van der Waals surface area contributed by atoms with Gasteiger partial charge in [0, 0.05) is 0 Å². The molecule has 0 aromatic carbocycles. The molecule has 0 aliphatic carbocycles. The van der Waals surface area contributed by atoms with Crippen molar-refractivity contribution in [2.24, 2.45) is 11.1 Å². The van der Waals surface area contributed by atoms with E-state index in [0.717, 1.165) is 0 Å². The molecule has 0 radical (unpaired) electrons. The maximum absolute atomic E-state index is 11.5. The third kappa shape index (κ3) is 2.92. The maximum atomic E-state index is 11.5. The van der Waals surface area contributed by atoms with Gasteiger partial charge in [0.1, 0.15) is 0 Å². The molecule has 0 heterocycles. The van der Waals surface area contributed by atoms with Gasteiger partial charge in [0.15, 0.2) is 0 Å². The minimum atomic E-state index is -0.813. The predicted octanol–water partition coefficient (Wildman–Crippen LogP) is 0.0391. The number of esters is 1. The Labute approximate surface area is 90.4 Å². The van der Waals surface area contributed by atoms with Gasteiger partial charge in [-0.05, 0) is 27.7 Å². The third-order valence-corrected chi connectivity index (χ3v) is 2.90. The average Bonchev–Trinajstić information content (AvgIpc) is 2.15. The maximum Gasteiger partial charge on any atom is 0.313 e. The monoisotopic (exact) mass is 216 g/mol. The fraction of sp³-hybridized carbons (Fsp3) is 0.800. The summed E-state index contributed by atoms with van der Waals surface area (Å²) >= 11 is 0. The van der Waals surface area contributed by atoms with Gasteiger partial charge < -0.3 is 15.8 Å². The van der Waals surface area contributed by atoms with Gasteiger partial charge >= 0.3 is 5.97 Å². The zero-order chi connectivity index (χ0) is 12.3. The molecule has 0 saturated heterocycles. The van der Waals surface area contributed by atoms with Crippen molar-refractivity contribution in [1.29, 1.82) is 0 Å². The fourth-order valence-corrected chi connectivity index (χ4v) is 1.07. The first-order valence-electron chi connectivity index (χ1n) is 4.78. The van der Waals surface area contributed by atoms with Gasteiger partial charge in [-0.2, -0.15) is 0 Å². The third-order valence-electron chi connectivity index (χ3n) is 2.90. The van der Waals surface area contributed by atoms with E-state index in [9.17, 15) is 9.59 Å². The van der Waals surface area contributed by atoms with Gasteiger partial charge in [0.05, 0.1) is 24.6 Å². The number of ether oxygens (including phenoxy) is 1. The van der Waals surface area contributed by atoms with Crippen LogP contribution in [-0.4, -0.2) is 31.1 Å². The molecule has 0 unspecified atom stereocenters. The highest BCUT2D eigenvalue weighted by Crippen LogP contribution is 2.31. The van der Waals surface area contributed by atoms with Crippen LogP contribution in [0.1, 0.15) is 27.7 Å². The number of methoxy groups -OCH3 is 1. The van der Waals surface area contributed by atoms with Crippen molar-refractivity contribution in [3.8, 4) is 0 Å². The Hall–Kier alpha value is -1.10. The molecule has 15 heavy (non-hydrogen) atoms. The van der Waals surface area contributed by atoms with E-state index in [0.29, 0.717) is 0 Å². The SMILES string of the molecule is COC(=O)C(C)(C)C(C)(C)NC(=O)CN. The summed E-state index contributed by atoms with van der Waals surface area (Å²) in [5, 5.41) is 2.70. The molecule has 1 amide bonds. The van der Waals surface area contributed by atoms with Crippen molar-refractivity contribution in [1.82, 2.24) is 5.32 Å². The minimum absolute atomic E-state index is 0.0965. The zero-order valence-electron chi connectivity index (χ0n) is 10.0. The Kier molecular flexibility index (Phi) is 4.27. The second kappa shape index (κ2) is 4.61. The quantitative estimate of drug-likeness (QED) is 0.650. The highest BCUT2D eigenvalue weighted by atomic mass is 16.5. The molecule has 0 aromatic heterocycles. The van der Waals surface area contributed by atoms with Crippen LogP contribution in [0.15, 0.2) is 0 Å². The molecule has 0 spiro atoms. The van der Waals surface area contributed by atoms with Crippen molar-refractivity contribution in [2.75, 3.05) is 13.7 Å². The second-order valence-electron chi connectivity index (χ2n) is 4.49. The van der Waals surface area contributed by atoms with Crippen LogP contribution in [0, 0.1) is 5.41 Å². The number of nitrogens with two attached hydrogens (primary N) is 1. The van der Waals surface area contributed by atoms with E-state index in [1.165, 1.54) is 7.11 Å². The predicted molar refractivity (Wildman–Crippen MR) is 57.1 cm³/mol. The fourth-order valence-electron chi connectivity index (χ4n) is 1.07. The zero-order valence-corrected chi connectivity index (χ0v) is 10.0. The number of rotatable bonds is 4. The summed E-state index contributed by atoms with van der Waals surface area (Å²) in [5.74, 6) is -0.665. The molecule has 0 aliphatic heterocycles. The minimum Gasteiger partial charge on any atom is -0.469 e. The largest absolute Gasteiger partial charge is 0.469 e. The van der Waals surface area contributed by atoms with Crippen molar-refractivity contribution in [2.45, 2.75) is 33.2 Å². The van der Waals surface area contributed by atoms with E-state index >= 15 is 0 Å². The Bertz CT molecular complexity index is 259. The average molecular weight is 216 g/mol. The van der Waals surface area contributed by atoms with Crippen LogP contribution in [-0.2, 0) is 14.3 Å². The summed E-state index contributed by atoms with van der Waals surface area (Å²) in [4.78, 5) is 22.7. The summed E-state index contributed by atoms with van der Waals surface area (Å²) in [6, 6.07) is 0. The molecule has 0 saturated carbocycles. The summed E-state index contributed by atoms with van der Waals surface area (Å²) in [7, 11) is 1.32. The van der Waals surface area contributed by atoms with Crippen molar-refractivity contribution in [3.05, 3.63) is 0 Å². The summed E-state index contributed by atoms with van der Waals surface area (Å²) < 4.78 is 4.70. The van der Waals surface area contributed by atoms with E-state index in [2.05, 4.69) is 5.32 Å². The highest BCUT2D eigenvalue weighted by molar-refractivity contribution is 5.82. The van der Waals surface area contributed by atoms with E-state index in [4.69, 9.17) is 10.5 Å². The lowest BCUT2D eigenvalue weighted by Crippen LogP contribution is -2.58. The molecule has 0 atom stereocenters. The van der Waals surface area contributed by atoms with Crippen LogP contribution in [0.25, 0.3) is 0 Å². The lowest BCUT2D eigenvalue weighted by molar-refractivity contribution is -0.155. The van der Waals surface area contributed by atoms with Crippen LogP contribution in [0.3, 0.4) is 0 Å². The topological polar surface area (TPSA) is 81.4 Å². The van der Waals surface area contributed by atoms with E-state index in [-0.39, 0.29) is 18.4 Å². The standard InChI is InChI=1S/C10H20N2O3/c1-9(2,8(14)15-5)10(3,4)12-7(13)6-11/h6,11H2,1-5H3,(H,12,13). The smallest absolute Gasteiger partial charge is 0.313 e. The van der Waals surface area contributed by atoms with Crippen LogP contribution < -0.4 is 11.1 Å². The Morgan fingerprint density at radius 3 is 2.07 bits per heavy atom. The first-order valence-corrected chi connectivity index (χ1v) is 4.78. The Morgan fingerprint density at radius 1 is 1.27 bits per heavy atom. The van der Waals surface area contributed by atoms with Crippen LogP contribution >= 0.6 is 0 Å². The Morgan fingerprint density at radius 2 is 1.73 bits per heavy atom. The van der Waals surface area contributed by atoms with Crippen molar-refractivity contribution >= 4 is 11.9 Å². The molecular weight excluding hydrogens is 196 g/mol. The molecule has 0 fully saturated rings. The molecule has 3 N–H and O–H groups in total. The van der Waals surface area contributed by atoms with Gasteiger partial charge in [-0.3, -0.25) is 9.59 Å². The lowest BCUT2D eigenvalue weighted by atomic mass is 9.74. The van der Waals surface area contributed by atoms with E-state index < -0.39 is 11.0 Å². The van der Waals surface area contributed by atoms with E-state index in [1.807, 2.05) is 0 Å². The number of hydrogen-bond donors (Lipinski definition) is 2. The highest BCUT2D eigenvalue weighted by Gasteiger charge is 2.45. The molecule has 5 nitrogen and oxygen atoms in total. The van der Waals surface area contributed by atoms with Gasteiger partial charge in [-0.15, -0.1) is 0 Å². The molecule has 0 aliphatic rings. The van der Waals surface area contributed by atoms with Crippen molar-refractivity contribution in [3.63, 3.8) is 0 Å². The number of amides is 1. The lowest BCUT2D eigenvalue weighted by Gasteiger charge is -2.39. The number of carbonyl (C=O) groups excluding carboxylic acids is 2. The summed E-state index contributed by atoms with van der Waals surface area (Å²) in [5.41, 5.74) is 3.68. The molecular formula is C10H20N2O3. The van der Waals surface area contributed by atoms with Gasteiger partial charge in [0.2, 0.25) is 5.91 Å². The molecule has 88 valence electrons. The molecule has 0 rings (SSSR count). The molecule has 0 bridgehead atoms. The summed E-state index contributed by atoms with van der Waals surface area (Å²) in [6.07, 6.45) is 0. The van der Waals surface area contributed by atoms with Gasteiger partial charge in [-0.25, -0.2) is 0 Å².